The van der Waals surface area contributed by atoms with Gasteiger partial charge in [0.25, 0.3) is 0 Å². The fourth-order valence-corrected chi connectivity index (χ4v) is 2.14. The van der Waals surface area contributed by atoms with Crippen LogP contribution in [0.4, 0.5) is 0 Å². The van der Waals surface area contributed by atoms with Crippen LogP contribution in [-0.2, 0) is 19.2 Å². The zero-order valence-electron chi connectivity index (χ0n) is 15.3. The molecule has 7 heteroatoms. The molecule has 132 valence electrons. The normalized spacial score (nSPS) is 12.2. The van der Waals surface area contributed by atoms with Gasteiger partial charge in [0, 0.05) is 44.8 Å². The molecule has 0 aliphatic carbocycles. The molecule has 1 unspecified atom stereocenters. The van der Waals surface area contributed by atoms with Crippen LogP contribution >= 0.6 is 0 Å². The highest BCUT2D eigenvalue weighted by Gasteiger charge is 2.18. The molecule has 0 saturated heterocycles. The molecule has 0 aromatic heterocycles. The van der Waals surface area contributed by atoms with E-state index in [-0.39, 0.29) is 37.1 Å². The van der Waals surface area contributed by atoms with Gasteiger partial charge in [-0.2, -0.15) is 0 Å². The van der Waals surface area contributed by atoms with Crippen LogP contribution < -0.4 is 10.6 Å². The molecule has 23 heavy (non-hydrogen) atoms. The highest BCUT2D eigenvalue weighted by atomic mass is 16.2. The van der Waals surface area contributed by atoms with Crippen LogP contribution in [0.15, 0.2) is 0 Å². The minimum Gasteiger partial charge on any atom is -0.355 e. The van der Waals surface area contributed by atoms with Crippen molar-refractivity contribution >= 4 is 23.9 Å². The van der Waals surface area contributed by atoms with Gasteiger partial charge in [-0.15, -0.1) is 0 Å². The van der Waals surface area contributed by atoms with Crippen LogP contribution in [0.2, 0.25) is 0 Å². The Morgan fingerprint density at radius 2 is 1.91 bits per heavy atom. The minimum absolute atomic E-state index is 0.0296. The highest BCUT2D eigenvalue weighted by Crippen LogP contribution is 2.10. The molecule has 1 atom stereocenters. The van der Waals surface area contributed by atoms with Crippen molar-refractivity contribution in [2.24, 2.45) is 5.92 Å². The number of nitrogens with zero attached hydrogens (tertiary/aromatic N) is 1. The summed E-state index contributed by atoms with van der Waals surface area (Å²) < 4.78 is 6.99. The Morgan fingerprint density at radius 1 is 1.22 bits per heavy atom. The lowest BCUT2D eigenvalue weighted by Gasteiger charge is -2.21. The van der Waals surface area contributed by atoms with Crippen molar-refractivity contribution < 1.29 is 20.5 Å². The molecule has 0 saturated carbocycles. The molecule has 0 aliphatic rings. The van der Waals surface area contributed by atoms with Gasteiger partial charge in [0.05, 0.1) is 6.54 Å². The van der Waals surface area contributed by atoms with Crippen LogP contribution in [0.25, 0.3) is 0 Å². The molecule has 0 spiro atoms. The van der Waals surface area contributed by atoms with Crippen molar-refractivity contribution in [3.05, 3.63) is 0 Å². The van der Waals surface area contributed by atoms with Crippen molar-refractivity contribution in [2.75, 3.05) is 33.2 Å². The maximum atomic E-state index is 12.0. The van der Waals surface area contributed by atoms with E-state index in [9.17, 15) is 19.2 Å². The number of rotatable bonds is 13. The van der Waals surface area contributed by atoms with Crippen LogP contribution in [0, 0.1) is 5.92 Å². The third-order valence-electron chi connectivity index (χ3n) is 3.57. The van der Waals surface area contributed by atoms with E-state index in [1.165, 1.54) is 4.90 Å². The van der Waals surface area contributed by atoms with E-state index >= 15 is 0 Å². The zero-order chi connectivity index (χ0) is 18.5. The molecule has 0 aromatic rings. The third kappa shape index (κ3) is 9.07. The third-order valence-corrected chi connectivity index (χ3v) is 3.57. The minimum atomic E-state index is -0.778. The standard InChI is InChI=1S/C16H29N3O4/c1-4-14(21)13(7-11-20)6-8-18-15(22)12-19(10-9-17-3)16(23)5-2/h11,13,17H,4-10,12H2,1-3H3,(H,18,22)/i11T. The Labute approximate surface area is 139 Å². The lowest BCUT2D eigenvalue weighted by Crippen LogP contribution is -2.43. The Morgan fingerprint density at radius 3 is 2.43 bits per heavy atom. The van der Waals surface area contributed by atoms with E-state index in [0.29, 0.717) is 32.4 Å². The first-order valence-corrected chi connectivity index (χ1v) is 8.06. The van der Waals surface area contributed by atoms with E-state index in [2.05, 4.69) is 10.6 Å². The number of amides is 2. The van der Waals surface area contributed by atoms with Crippen LogP contribution in [0.5, 0.6) is 0 Å². The number of hydrogen-bond acceptors (Lipinski definition) is 5. The average Bonchev–Trinajstić information content (AvgIpc) is 2.55. The summed E-state index contributed by atoms with van der Waals surface area (Å²) >= 11 is 0. The molecular formula is C16H29N3O4. The molecule has 0 fully saturated rings. The number of aldehydes is 1. The lowest BCUT2D eigenvalue weighted by atomic mass is 9.95. The molecule has 2 N–H and O–H groups in total. The van der Waals surface area contributed by atoms with Gasteiger partial charge in [-0.25, -0.2) is 0 Å². The van der Waals surface area contributed by atoms with E-state index in [0.717, 1.165) is 0 Å². The molecule has 0 rings (SSSR count). The topological polar surface area (TPSA) is 95.6 Å². The summed E-state index contributed by atoms with van der Waals surface area (Å²) in [6.07, 6.45) is 0.0523. The second-order valence-corrected chi connectivity index (χ2v) is 5.28. The van der Waals surface area contributed by atoms with Gasteiger partial charge >= 0.3 is 0 Å². The first-order chi connectivity index (χ1) is 11.3. The predicted octanol–water partition coefficient (Wildman–Crippen LogP) is 0.135. The summed E-state index contributed by atoms with van der Waals surface area (Å²) in [6, 6.07) is 0. The van der Waals surface area contributed by atoms with Crippen molar-refractivity contribution in [1.29, 1.82) is 0 Å². The fourth-order valence-electron chi connectivity index (χ4n) is 2.14. The fraction of sp³-hybridized carbons (Fsp3) is 0.750. The lowest BCUT2D eigenvalue weighted by molar-refractivity contribution is -0.135. The summed E-state index contributed by atoms with van der Waals surface area (Å²) in [6.45, 7) is 4.70. The van der Waals surface area contributed by atoms with Crippen LogP contribution in [0.1, 0.15) is 40.9 Å². The quantitative estimate of drug-likeness (QED) is 0.469. The molecule has 7 nitrogen and oxygen atoms in total. The van der Waals surface area contributed by atoms with Crippen LogP contribution in [0.3, 0.4) is 0 Å². The van der Waals surface area contributed by atoms with E-state index in [4.69, 9.17) is 1.37 Å². The van der Waals surface area contributed by atoms with E-state index < -0.39 is 12.2 Å². The molecule has 2 amide bonds. The van der Waals surface area contributed by atoms with Gasteiger partial charge in [-0.3, -0.25) is 14.4 Å². The number of nitrogens with one attached hydrogen (secondary N) is 2. The SMILES string of the molecule is [3H]C(=O)CC(CCNC(=O)CN(CCNC)C(=O)CC)C(=O)CC. The number of ketones is 1. The number of hydrogen-bond donors (Lipinski definition) is 2. The van der Waals surface area contributed by atoms with E-state index in [1.807, 2.05) is 0 Å². The van der Waals surface area contributed by atoms with E-state index in [1.54, 1.807) is 20.9 Å². The summed E-state index contributed by atoms with van der Waals surface area (Å²) in [4.78, 5) is 47.9. The first kappa shape index (κ1) is 19.3. The molecule has 0 radical (unpaired) electrons. The summed E-state index contributed by atoms with van der Waals surface area (Å²) in [5.41, 5.74) is 0. The number of Topliss-reactive ketones (excluding diaryl/α,β-unsaturated/α-hetero) is 1. The van der Waals surface area contributed by atoms with Crippen molar-refractivity contribution in [3.63, 3.8) is 0 Å². The molecule has 0 aliphatic heterocycles. The molecule has 0 heterocycles. The second-order valence-electron chi connectivity index (χ2n) is 5.28. The summed E-state index contributed by atoms with van der Waals surface area (Å²) in [7, 11) is 1.77. The Kier molecular flexibility index (Phi) is 10.7. The zero-order valence-corrected chi connectivity index (χ0v) is 14.3. The monoisotopic (exact) mass is 329 g/mol. The van der Waals surface area contributed by atoms with Gasteiger partial charge in [0.2, 0.25) is 11.8 Å². The first-order valence-electron chi connectivity index (χ1n) is 8.56. The highest BCUT2D eigenvalue weighted by molar-refractivity contribution is 5.85. The maximum absolute atomic E-state index is 12.0. The molecule has 0 bridgehead atoms. The maximum Gasteiger partial charge on any atom is 0.239 e. The Balaban J connectivity index is 4.40. The Bertz CT molecular complexity index is 443. The summed E-state index contributed by atoms with van der Waals surface area (Å²) in [5, 5.41) is 5.61. The van der Waals surface area contributed by atoms with Crippen LogP contribution in [-0.4, -0.2) is 62.0 Å². The van der Waals surface area contributed by atoms with Gasteiger partial charge < -0.3 is 20.3 Å². The molecular weight excluding hydrogens is 298 g/mol. The van der Waals surface area contributed by atoms with Gasteiger partial charge in [0.1, 0.15) is 13.4 Å². The van der Waals surface area contributed by atoms with Crippen molar-refractivity contribution in [1.82, 2.24) is 15.5 Å². The van der Waals surface area contributed by atoms with Gasteiger partial charge in [-0.1, -0.05) is 13.8 Å². The van der Waals surface area contributed by atoms with Gasteiger partial charge in [-0.05, 0) is 13.5 Å². The van der Waals surface area contributed by atoms with Crippen molar-refractivity contribution in [2.45, 2.75) is 39.5 Å². The summed E-state index contributed by atoms with van der Waals surface area (Å²) in [5.74, 6) is -1.01. The predicted molar refractivity (Wildman–Crippen MR) is 87.9 cm³/mol. The van der Waals surface area contributed by atoms with Gasteiger partial charge in [0.15, 0.2) is 0 Å². The largest absolute Gasteiger partial charge is 0.355 e. The average molecular weight is 329 g/mol. The number of likely N-dealkylation sites (N-methyl/N-ethyl adjacent to an activating group) is 1. The number of carbonyl (C=O) groups excluding carboxylic acids is 4. The van der Waals surface area contributed by atoms with Crippen molar-refractivity contribution in [3.8, 4) is 0 Å². The Hall–Kier alpha value is -1.76. The molecule has 0 aromatic carbocycles. The second kappa shape index (κ2) is 12.8. The smallest absolute Gasteiger partial charge is 0.239 e. The number of carbonyl (C=O) groups is 4.